The van der Waals surface area contributed by atoms with Crippen LogP contribution in [-0.2, 0) is 37.5 Å². The van der Waals surface area contributed by atoms with E-state index in [1.165, 1.54) is 0 Å². The average molecular weight is 358 g/mol. The largest absolute Gasteiger partial charge is 0.479 e. The Bertz CT molecular complexity index is 561. The van der Waals surface area contributed by atoms with Crippen LogP contribution in [0.5, 0.6) is 5.75 Å². The smallest absolute Gasteiger partial charge is 0.225 e. The molecule has 0 aliphatic carbocycles. The predicted octanol–water partition coefficient (Wildman–Crippen LogP) is 2.62. The molecule has 1 aromatic carbocycles. The summed E-state index contributed by atoms with van der Waals surface area (Å²) in [5.74, 6) is 0.789. The molecule has 1 aliphatic heterocycles. The third kappa shape index (κ3) is 4.15. The van der Waals surface area contributed by atoms with Crippen LogP contribution in [0.25, 0.3) is 5.70 Å². The van der Waals surface area contributed by atoms with E-state index < -0.39 is 0 Å². The SMILES string of the molecule is CCN1C(=O)C(C)C[C-]=C1c1ccc(OCC#N)cc1.[Y]. The fraction of sp³-hybridized carbons (Fsp3) is 0.375. The standard InChI is InChI=1S/C16H17N2O2.Y/c1-3-18-15(9-4-12(2)16(18)19)13-5-7-14(8-6-13)20-11-10-17;/h5-8,12H,3-4,11H2,1-2H3;/q-1;. The maximum Gasteiger partial charge on any atom is 0.225 e. The van der Waals surface area contributed by atoms with E-state index in [0.29, 0.717) is 18.7 Å². The fourth-order valence-corrected chi connectivity index (χ4v) is 2.21. The first-order valence-electron chi connectivity index (χ1n) is 6.69. The minimum absolute atomic E-state index is 0. The summed E-state index contributed by atoms with van der Waals surface area (Å²) in [7, 11) is 0. The van der Waals surface area contributed by atoms with Crippen molar-refractivity contribution in [2.75, 3.05) is 13.2 Å². The molecule has 2 rings (SSSR count). The molecule has 1 unspecified atom stereocenters. The van der Waals surface area contributed by atoms with Crippen LogP contribution in [0.3, 0.4) is 0 Å². The zero-order chi connectivity index (χ0) is 14.5. The Hall–Kier alpha value is -1.18. The number of hydrogen-bond acceptors (Lipinski definition) is 3. The zero-order valence-electron chi connectivity index (χ0n) is 12.3. The first-order valence-corrected chi connectivity index (χ1v) is 6.69. The molecule has 0 saturated heterocycles. The van der Waals surface area contributed by atoms with Gasteiger partial charge in [-0.1, -0.05) is 13.3 Å². The molecule has 1 heterocycles. The number of carbonyl (C=O) groups is 1. The van der Waals surface area contributed by atoms with Crippen molar-refractivity contribution in [1.82, 2.24) is 4.90 Å². The van der Waals surface area contributed by atoms with Crippen LogP contribution in [0, 0.1) is 23.3 Å². The van der Waals surface area contributed by atoms with Gasteiger partial charge in [-0.05, 0) is 19.1 Å². The maximum absolute atomic E-state index is 12.2. The number of amides is 1. The molecule has 0 fully saturated rings. The third-order valence-electron chi connectivity index (χ3n) is 3.28. The predicted molar refractivity (Wildman–Crippen MR) is 75.4 cm³/mol. The number of carbonyl (C=O) groups excluding carboxylic acids is 1. The normalized spacial score (nSPS) is 17.6. The number of nitrogens with zero attached hydrogens (tertiary/aromatic N) is 2. The van der Waals surface area contributed by atoms with Gasteiger partial charge < -0.3 is 9.64 Å². The Morgan fingerprint density at radius 2 is 2.10 bits per heavy atom. The number of ether oxygens (including phenoxy) is 1. The van der Waals surface area contributed by atoms with E-state index in [2.05, 4.69) is 6.08 Å². The van der Waals surface area contributed by atoms with Gasteiger partial charge in [-0.25, -0.2) is 6.08 Å². The van der Waals surface area contributed by atoms with Crippen molar-refractivity contribution >= 4 is 11.6 Å². The van der Waals surface area contributed by atoms with E-state index in [1.807, 2.05) is 32.0 Å². The first-order chi connectivity index (χ1) is 9.67. The number of benzene rings is 1. The van der Waals surface area contributed by atoms with Gasteiger partial charge in [-0.2, -0.15) is 10.8 Å². The number of allylic oxidation sites excluding steroid dienone is 1. The minimum atomic E-state index is -0.00284. The summed E-state index contributed by atoms with van der Waals surface area (Å²) in [5.41, 5.74) is 1.78. The van der Waals surface area contributed by atoms with Crippen LogP contribution < -0.4 is 4.74 Å². The van der Waals surface area contributed by atoms with Crippen molar-refractivity contribution in [3.8, 4) is 11.8 Å². The van der Waals surface area contributed by atoms with Gasteiger partial charge in [0.25, 0.3) is 0 Å². The molecule has 0 aromatic heterocycles. The molecule has 1 radical (unpaired) electrons. The van der Waals surface area contributed by atoms with Crippen molar-refractivity contribution < 1.29 is 42.2 Å². The fourth-order valence-electron chi connectivity index (χ4n) is 2.21. The van der Waals surface area contributed by atoms with E-state index in [9.17, 15) is 4.79 Å². The molecular formula is C16H17N2O2Y-. The third-order valence-corrected chi connectivity index (χ3v) is 3.28. The minimum Gasteiger partial charge on any atom is -0.479 e. The van der Waals surface area contributed by atoms with E-state index in [1.54, 1.807) is 17.0 Å². The Morgan fingerprint density at radius 3 is 2.67 bits per heavy atom. The van der Waals surface area contributed by atoms with Crippen molar-refractivity contribution in [2.24, 2.45) is 5.92 Å². The van der Waals surface area contributed by atoms with Gasteiger partial charge in [0, 0.05) is 45.2 Å². The summed E-state index contributed by atoms with van der Waals surface area (Å²) in [6, 6.07) is 9.31. The van der Waals surface area contributed by atoms with E-state index in [4.69, 9.17) is 10.00 Å². The molecule has 107 valence electrons. The number of rotatable bonds is 4. The van der Waals surface area contributed by atoms with Crippen molar-refractivity contribution in [3.05, 3.63) is 35.9 Å². The van der Waals surface area contributed by atoms with Gasteiger partial charge >= 0.3 is 0 Å². The van der Waals surface area contributed by atoms with Gasteiger partial charge in [0.15, 0.2) is 6.61 Å². The van der Waals surface area contributed by atoms with Gasteiger partial charge in [0.05, 0.1) is 0 Å². The summed E-state index contributed by atoms with van der Waals surface area (Å²) in [4.78, 5) is 13.9. The van der Waals surface area contributed by atoms with Crippen molar-refractivity contribution in [3.63, 3.8) is 0 Å². The molecule has 1 aliphatic rings. The first kappa shape index (κ1) is 17.9. The molecule has 0 N–H and O–H groups in total. The molecule has 1 atom stereocenters. The summed E-state index contributed by atoms with van der Waals surface area (Å²) in [6.45, 7) is 4.55. The molecular weight excluding hydrogens is 341 g/mol. The molecule has 5 heteroatoms. The second-order valence-electron chi connectivity index (χ2n) is 4.68. The number of nitriles is 1. The van der Waals surface area contributed by atoms with Gasteiger partial charge in [-0.3, -0.25) is 4.79 Å². The second kappa shape index (κ2) is 8.31. The van der Waals surface area contributed by atoms with Crippen molar-refractivity contribution in [2.45, 2.75) is 20.3 Å². The van der Waals surface area contributed by atoms with Crippen LogP contribution in [0.4, 0.5) is 0 Å². The summed E-state index contributed by atoms with van der Waals surface area (Å²) in [5, 5.41) is 8.47. The van der Waals surface area contributed by atoms with Gasteiger partial charge in [0.1, 0.15) is 11.8 Å². The molecule has 0 spiro atoms. The van der Waals surface area contributed by atoms with E-state index in [0.717, 1.165) is 11.3 Å². The zero-order valence-corrected chi connectivity index (χ0v) is 15.1. The molecule has 21 heavy (non-hydrogen) atoms. The van der Waals surface area contributed by atoms with Crippen LogP contribution in [-0.4, -0.2) is 24.0 Å². The average Bonchev–Trinajstić information content (AvgIpc) is 2.48. The second-order valence-corrected chi connectivity index (χ2v) is 4.68. The van der Waals surface area contributed by atoms with E-state index in [-0.39, 0.29) is 51.1 Å². The Labute approximate surface area is 150 Å². The van der Waals surface area contributed by atoms with Crippen LogP contribution in [0.1, 0.15) is 25.8 Å². The topological polar surface area (TPSA) is 53.3 Å². The Morgan fingerprint density at radius 1 is 1.43 bits per heavy atom. The quantitative estimate of drug-likeness (QED) is 0.778. The maximum atomic E-state index is 12.2. The molecule has 0 saturated carbocycles. The van der Waals surface area contributed by atoms with Gasteiger partial charge in [-0.15, -0.1) is 17.8 Å². The van der Waals surface area contributed by atoms with Crippen LogP contribution in [0.15, 0.2) is 24.3 Å². The summed E-state index contributed by atoms with van der Waals surface area (Å²) in [6.07, 6.45) is 3.96. The number of hydrogen-bond donors (Lipinski definition) is 0. The molecule has 1 aromatic rings. The Kier molecular flexibility index (Phi) is 7.07. The monoisotopic (exact) mass is 358 g/mol. The van der Waals surface area contributed by atoms with Crippen molar-refractivity contribution in [1.29, 1.82) is 5.26 Å². The molecule has 0 bridgehead atoms. The summed E-state index contributed by atoms with van der Waals surface area (Å²) >= 11 is 0. The molecule has 1 amide bonds. The van der Waals surface area contributed by atoms with E-state index >= 15 is 0 Å². The summed E-state index contributed by atoms with van der Waals surface area (Å²) < 4.78 is 5.22. The van der Waals surface area contributed by atoms with Crippen LogP contribution in [0.2, 0.25) is 0 Å². The molecule has 4 nitrogen and oxygen atoms in total. The van der Waals surface area contributed by atoms with Crippen LogP contribution >= 0.6 is 0 Å². The Balaban J connectivity index is 0.00000220. The van der Waals surface area contributed by atoms with Gasteiger partial charge in [0.2, 0.25) is 5.91 Å².